The number of piperidine rings is 1. The molecule has 2 aromatic rings. The molecule has 6 heteroatoms. The second-order valence-electron chi connectivity index (χ2n) is 9.80. The molecule has 1 aliphatic carbocycles. The number of rotatable bonds is 9. The van der Waals surface area contributed by atoms with Gasteiger partial charge < -0.3 is 14.7 Å². The molecule has 0 unspecified atom stereocenters. The number of hydrogen-bond acceptors (Lipinski definition) is 4. The van der Waals surface area contributed by atoms with Gasteiger partial charge in [0.2, 0.25) is 0 Å². The molecule has 0 amide bonds. The lowest BCUT2D eigenvalue weighted by Crippen LogP contribution is -2.37. The van der Waals surface area contributed by atoms with Gasteiger partial charge in [-0.05, 0) is 69.1 Å². The number of halogens is 2. The van der Waals surface area contributed by atoms with Crippen LogP contribution < -0.4 is 4.74 Å². The Bertz CT molecular complexity index is 926. The third kappa shape index (κ3) is 6.00. The number of hydrogen-bond donors (Lipinski definition) is 1. The number of phenols is 1. The van der Waals surface area contributed by atoms with E-state index < -0.39 is 0 Å². The van der Waals surface area contributed by atoms with Gasteiger partial charge in [-0.15, -0.1) is 0 Å². The largest absolute Gasteiger partial charge is 0.506 e. The van der Waals surface area contributed by atoms with Gasteiger partial charge in [0.15, 0.2) is 0 Å². The summed E-state index contributed by atoms with van der Waals surface area (Å²) in [5.41, 5.74) is 1.46. The molecule has 1 saturated carbocycles. The van der Waals surface area contributed by atoms with E-state index in [1.54, 1.807) is 18.2 Å². The predicted octanol–water partition coefficient (Wildman–Crippen LogP) is 5.99. The van der Waals surface area contributed by atoms with Crippen LogP contribution >= 0.6 is 11.6 Å². The first-order chi connectivity index (χ1) is 16.0. The molecule has 1 heterocycles. The first-order valence-electron chi connectivity index (χ1n) is 12.3. The van der Waals surface area contributed by atoms with Crippen LogP contribution in [0.2, 0.25) is 5.02 Å². The second-order valence-corrected chi connectivity index (χ2v) is 10.2. The van der Waals surface area contributed by atoms with Crippen LogP contribution in [0.3, 0.4) is 0 Å². The Morgan fingerprint density at radius 2 is 1.85 bits per heavy atom. The number of likely N-dealkylation sites (tertiary alicyclic amines) is 1. The fraction of sp³-hybridized carbons (Fsp3) is 0.556. The highest BCUT2D eigenvalue weighted by Crippen LogP contribution is 2.43. The minimum atomic E-state index is -0.214. The van der Waals surface area contributed by atoms with Crippen molar-refractivity contribution in [2.24, 2.45) is 0 Å². The maximum absolute atomic E-state index is 15.4. The van der Waals surface area contributed by atoms with Crippen molar-refractivity contribution >= 4 is 11.6 Å². The lowest BCUT2D eigenvalue weighted by Gasteiger charge is -2.35. The number of likely N-dealkylation sites (N-methyl/N-ethyl adjacent to an activating group) is 1. The average molecular weight is 475 g/mol. The number of phenolic OH excluding ortho intramolecular Hbond substituents is 1. The van der Waals surface area contributed by atoms with E-state index in [4.69, 9.17) is 16.3 Å². The van der Waals surface area contributed by atoms with Crippen molar-refractivity contribution in [2.75, 3.05) is 39.8 Å². The van der Waals surface area contributed by atoms with E-state index in [1.807, 2.05) is 25.2 Å². The molecule has 0 radical (unpaired) electrons. The molecule has 1 saturated heterocycles. The molecule has 2 fully saturated rings. The molecule has 0 atom stereocenters. The number of nitrogens with zero attached hydrogens (tertiary/aromatic N) is 2. The van der Waals surface area contributed by atoms with Gasteiger partial charge in [0.05, 0.1) is 5.02 Å². The molecule has 2 aromatic carbocycles. The third-order valence-electron chi connectivity index (χ3n) is 7.27. The summed E-state index contributed by atoms with van der Waals surface area (Å²) in [6, 6.07) is 10.8. The highest BCUT2D eigenvalue weighted by atomic mass is 35.5. The van der Waals surface area contributed by atoms with Gasteiger partial charge in [0.1, 0.15) is 23.9 Å². The topological polar surface area (TPSA) is 35.9 Å². The van der Waals surface area contributed by atoms with Crippen LogP contribution in [0.4, 0.5) is 4.39 Å². The maximum atomic E-state index is 15.4. The Morgan fingerprint density at radius 3 is 2.58 bits per heavy atom. The van der Waals surface area contributed by atoms with E-state index >= 15 is 4.39 Å². The zero-order valence-electron chi connectivity index (χ0n) is 19.7. The van der Waals surface area contributed by atoms with Crippen molar-refractivity contribution in [1.29, 1.82) is 0 Å². The Balaban J connectivity index is 1.41. The van der Waals surface area contributed by atoms with Gasteiger partial charge in [-0.3, -0.25) is 4.90 Å². The van der Waals surface area contributed by atoms with Crippen LogP contribution in [0.1, 0.15) is 56.1 Å². The van der Waals surface area contributed by atoms with Crippen LogP contribution in [0, 0.1) is 5.82 Å². The van der Waals surface area contributed by atoms with E-state index in [2.05, 4.69) is 9.80 Å². The molecule has 0 spiro atoms. The van der Waals surface area contributed by atoms with Crippen LogP contribution in [0.25, 0.3) is 0 Å². The van der Waals surface area contributed by atoms with Gasteiger partial charge in [-0.2, -0.15) is 0 Å². The van der Waals surface area contributed by atoms with E-state index in [9.17, 15) is 5.11 Å². The van der Waals surface area contributed by atoms with Crippen molar-refractivity contribution in [3.8, 4) is 11.5 Å². The monoisotopic (exact) mass is 474 g/mol. The summed E-state index contributed by atoms with van der Waals surface area (Å²) in [6.07, 6.45) is 7.99. The van der Waals surface area contributed by atoms with Crippen molar-refractivity contribution in [1.82, 2.24) is 9.80 Å². The summed E-state index contributed by atoms with van der Waals surface area (Å²) in [4.78, 5) is 4.62. The molecule has 2 aliphatic rings. The predicted molar refractivity (Wildman–Crippen MR) is 132 cm³/mol. The highest BCUT2D eigenvalue weighted by Gasteiger charge is 2.38. The summed E-state index contributed by atoms with van der Waals surface area (Å²) in [7, 11) is 2.04. The van der Waals surface area contributed by atoms with E-state index in [1.165, 1.54) is 19.3 Å². The lowest BCUT2D eigenvalue weighted by molar-refractivity contribution is 0.183. The molecule has 33 heavy (non-hydrogen) atoms. The zero-order valence-corrected chi connectivity index (χ0v) is 20.4. The van der Waals surface area contributed by atoms with E-state index in [0.717, 1.165) is 63.0 Å². The van der Waals surface area contributed by atoms with Crippen LogP contribution in [0.5, 0.6) is 11.5 Å². The normalized spacial score (nSPS) is 18.7. The van der Waals surface area contributed by atoms with Crippen LogP contribution in [-0.4, -0.2) is 54.7 Å². The SMILES string of the molecule is CN(Cc1cccc(O)c1Cl)CC1(c2ccc(OCCN3CCCCC3)cc2F)CCCC1. The number of ether oxygens (including phenoxy) is 1. The molecular weight excluding hydrogens is 439 g/mol. The Morgan fingerprint density at radius 1 is 1.09 bits per heavy atom. The van der Waals surface area contributed by atoms with E-state index in [0.29, 0.717) is 23.9 Å². The van der Waals surface area contributed by atoms with Crippen molar-refractivity contribution in [3.63, 3.8) is 0 Å². The quantitative estimate of drug-likeness (QED) is 0.484. The van der Waals surface area contributed by atoms with Gasteiger partial charge in [-0.1, -0.05) is 49.1 Å². The minimum Gasteiger partial charge on any atom is -0.506 e. The van der Waals surface area contributed by atoms with Gasteiger partial charge in [0, 0.05) is 31.1 Å². The van der Waals surface area contributed by atoms with Gasteiger partial charge in [-0.25, -0.2) is 4.39 Å². The smallest absolute Gasteiger partial charge is 0.134 e. The fourth-order valence-electron chi connectivity index (χ4n) is 5.61. The first-order valence-corrected chi connectivity index (χ1v) is 12.6. The lowest BCUT2D eigenvalue weighted by atomic mass is 9.78. The molecule has 1 aliphatic heterocycles. The Labute approximate surface area is 202 Å². The van der Waals surface area contributed by atoms with E-state index in [-0.39, 0.29) is 17.0 Å². The number of aromatic hydroxyl groups is 1. The summed E-state index contributed by atoms with van der Waals surface area (Å²) in [5, 5.41) is 10.3. The highest BCUT2D eigenvalue weighted by molar-refractivity contribution is 6.32. The minimum absolute atomic E-state index is 0.0973. The summed E-state index contributed by atoms with van der Waals surface area (Å²) >= 11 is 6.29. The molecule has 0 aromatic heterocycles. The van der Waals surface area contributed by atoms with Crippen molar-refractivity contribution < 1.29 is 14.2 Å². The standard InChI is InChI=1S/C27H36ClFN2O2/c1-30(19-21-8-7-9-25(32)26(21)28)20-27(12-3-4-13-27)23-11-10-22(18-24(23)29)33-17-16-31-14-5-2-6-15-31/h7-11,18,32H,2-6,12-17,19-20H2,1H3. The molecule has 0 bridgehead atoms. The third-order valence-corrected chi connectivity index (χ3v) is 7.71. The molecule has 4 nitrogen and oxygen atoms in total. The summed E-state index contributed by atoms with van der Waals surface area (Å²) in [5.74, 6) is 0.539. The Hall–Kier alpha value is -1.82. The number of benzene rings is 2. The zero-order chi connectivity index (χ0) is 23.3. The second kappa shape index (κ2) is 11.1. The maximum Gasteiger partial charge on any atom is 0.134 e. The molecular formula is C27H36ClFN2O2. The van der Waals surface area contributed by atoms with Crippen LogP contribution in [0.15, 0.2) is 36.4 Å². The molecule has 180 valence electrons. The van der Waals surface area contributed by atoms with Crippen LogP contribution in [-0.2, 0) is 12.0 Å². The summed E-state index contributed by atoms with van der Waals surface area (Å²) in [6.45, 7) is 5.12. The molecule has 4 rings (SSSR count). The fourth-order valence-corrected chi connectivity index (χ4v) is 5.79. The first kappa shape index (κ1) is 24.3. The van der Waals surface area contributed by atoms with Crippen molar-refractivity contribution in [3.05, 3.63) is 58.4 Å². The summed E-state index contributed by atoms with van der Waals surface area (Å²) < 4.78 is 21.3. The average Bonchev–Trinajstić information content (AvgIpc) is 3.27. The van der Waals surface area contributed by atoms with Crippen molar-refractivity contribution in [2.45, 2.75) is 56.9 Å². The Kier molecular flexibility index (Phi) is 8.15. The van der Waals surface area contributed by atoms with Gasteiger partial charge >= 0.3 is 0 Å². The van der Waals surface area contributed by atoms with Gasteiger partial charge in [0.25, 0.3) is 0 Å². The molecule has 1 N–H and O–H groups in total.